The second-order valence-electron chi connectivity index (χ2n) is 18.2. The Morgan fingerprint density at radius 1 is 0.984 bits per heavy atom. The van der Waals surface area contributed by atoms with Crippen LogP contribution in [0.1, 0.15) is 113 Å². The van der Waals surface area contributed by atoms with Gasteiger partial charge >= 0.3 is 11.8 Å². The SMILES string of the molecule is C#Cc1c(F)ccc2cc(O)cc(-c3nc4c5c(nc(OC[C@@]67CCCN6C[C@H](F)C7)nc5c3F)N3C[C@H]5CC[C@@H]([C@H]3CCC4)N5Cc3oc(=O)oc3CCCCCCCC)c12. The Bertz CT molecular complexity index is 2630. The van der Waals surface area contributed by atoms with E-state index >= 15 is 8.78 Å². The van der Waals surface area contributed by atoms with Crippen LogP contribution in [0.25, 0.3) is 32.9 Å². The molecule has 11 nitrogen and oxygen atoms in total. The van der Waals surface area contributed by atoms with Crippen molar-refractivity contribution < 1.29 is 31.8 Å². The van der Waals surface area contributed by atoms with Gasteiger partial charge in [0, 0.05) is 55.0 Å². The molecule has 0 aliphatic carbocycles. The minimum absolute atomic E-state index is 0.00524. The number of hydrogen-bond donors (Lipinski definition) is 1. The monoisotopic (exact) mass is 850 g/mol. The van der Waals surface area contributed by atoms with E-state index < -0.39 is 29.2 Å². The highest BCUT2D eigenvalue weighted by Crippen LogP contribution is 2.46. The highest BCUT2D eigenvalue weighted by molar-refractivity contribution is 6.03. The van der Waals surface area contributed by atoms with E-state index in [4.69, 9.17) is 34.9 Å². The maximum absolute atomic E-state index is 17.6. The number of phenolic OH excluding ortho intramolecular Hbond substituents is 1. The number of aromatic hydroxyl groups is 1. The first-order valence-corrected chi connectivity index (χ1v) is 22.6. The van der Waals surface area contributed by atoms with Crippen LogP contribution in [-0.2, 0) is 19.4 Å². The number of hydrogen-bond acceptors (Lipinski definition) is 11. The fourth-order valence-corrected chi connectivity index (χ4v) is 11.6. The molecule has 5 aliphatic rings. The van der Waals surface area contributed by atoms with Gasteiger partial charge in [0.25, 0.3) is 0 Å². The number of terminal acetylenes is 1. The third kappa shape index (κ3) is 7.18. The fourth-order valence-electron chi connectivity index (χ4n) is 11.6. The van der Waals surface area contributed by atoms with Gasteiger partial charge in [-0.25, -0.2) is 22.9 Å². The van der Waals surface area contributed by atoms with Gasteiger partial charge < -0.3 is 23.6 Å². The highest BCUT2D eigenvalue weighted by Gasteiger charge is 2.50. The molecule has 0 amide bonds. The quantitative estimate of drug-likeness (QED) is 0.0905. The molecule has 4 fully saturated rings. The number of fused-ring (bicyclic) bond motifs is 7. The lowest BCUT2D eigenvalue weighted by molar-refractivity contribution is 0.106. The lowest BCUT2D eigenvalue weighted by atomic mass is 9.92. The van der Waals surface area contributed by atoms with Crippen LogP contribution in [0.5, 0.6) is 11.8 Å². The second kappa shape index (κ2) is 16.5. The predicted octanol–water partition coefficient (Wildman–Crippen LogP) is 8.77. The molecule has 1 N–H and O–H groups in total. The summed E-state index contributed by atoms with van der Waals surface area (Å²) < 4.78 is 65.5. The third-order valence-corrected chi connectivity index (χ3v) is 14.4. The van der Waals surface area contributed by atoms with Gasteiger partial charge in [-0.2, -0.15) is 9.97 Å². The maximum atomic E-state index is 17.6. The minimum Gasteiger partial charge on any atom is -0.508 e. The van der Waals surface area contributed by atoms with Gasteiger partial charge in [0.1, 0.15) is 41.4 Å². The molecule has 0 spiro atoms. The van der Waals surface area contributed by atoms with E-state index in [-0.39, 0.29) is 64.2 Å². The zero-order valence-electron chi connectivity index (χ0n) is 35.2. The number of halogens is 3. The minimum atomic E-state index is -0.956. The Morgan fingerprint density at radius 3 is 2.68 bits per heavy atom. The number of aryl methyl sites for hydroxylation is 2. The number of phenols is 1. The van der Waals surface area contributed by atoms with E-state index in [1.165, 1.54) is 43.5 Å². The molecular weight excluding hydrogens is 798 g/mol. The Labute approximate surface area is 358 Å². The molecule has 0 radical (unpaired) electrons. The molecule has 4 saturated heterocycles. The van der Waals surface area contributed by atoms with Crippen LogP contribution in [-0.4, -0.2) is 85.9 Å². The molecule has 10 rings (SSSR count). The highest BCUT2D eigenvalue weighted by atomic mass is 19.1. The summed E-state index contributed by atoms with van der Waals surface area (Å²) in [5, 5.41) is 12.0. The number of ether oxygens (including phenoxy) is 1. The van der Waals surface area contributed by atoms with Crippen LogP contribution in [0.4, 0.5) is 19.0 Å². The zero-order valence-corrected chi connectivity index (χ0v) is 35.2. The van der Waals surface area contributed by atoms with Gasteiger partial charge in [-0.1, -0.05) is 51.0 Å². The molecule has 8 heterocycles. The van der Waals surface area contributed by atoms with Crippen LogP contribution in [0.3, 0.4) is 0 Å². The molecule has 326 valence electrons. The van der Waals surface area contributed by atoms with Gasteiger partial charge in [0.05, 0.1) is 28.7 Å². The largest absolute Gasteiger partial charge is 0.519 e. The second-order valence-corrected chi connectivity index (χ2v) is 18.2. The molecule has 62 heavy (non-hydrogen) atoms. The van der Waals surface area contributed by atoms with Crippen molar-refractivity contribution in [2.24, 2.45) is 0 Å². The van der Waals surface area contributed by atoms with E-state index in [1.54, 1.807) is 0 Å². The number of unbranched alkanes of at least 4 members (excludes halogenated alkanes) is 5. The lowest BCUT2D eigenvalue weighted by Gasteiger charge is -2.48. The lowest BCUT2D eigenvalue weighted by Crippen LogP contribution is -2.60. The molecule has 3 aromatic heterocycles. The van der Waals surface area contributed by atoms with Crippen molar-refractivity contribution in [3.05, 3.63) is 69.3 Å². The summed E-state index contributed by atoms with van der Waals surface area (Å²) in [6.45, 7) is 4.55. The van der Waals surface area contributed by atoms with Crippen LogP contribution in [0.2, 0.25) is 0 Å². The van der Waals surface area contributed by atoms with Crippen LogP contribution in [0.15, 0.2) is 37.9 Å². The molecule has 2 aromatic carbocycles. The maximum Gasteiger partial charge on any atom is 0.519 e. The van der Waals surface area contributed by atoms with Crippen molar-refractivity contribution in [2.45, 2.75) is 140 Å². The molecule has 0 unspecified atom stereocenters. The van der Waals surface area contributed by atoms with Crippen molar-refractivity contribution in [1.82, 2.24) is 24.8 Å². The topological polar surface area (TPSA) is 121 Å². The van der Waals surface area contributed by atoms with Crippen LogP contribution in [0, 0.1) is 24.0 Å². The van der Waals surface area contributed by atoms with Gasteiger partial charge in [-0.15, -0.1) is 6.42 Å². The molecule has 5 aliphatic heterocycles. The van der Waals surface area contributed by atoms with E-state index in [9.17, 15) is 14.3 Å². The van der Waals surface area contributed by atoms with Crippen molar-refractivity contribution in [3.63, 3.8) is 0 Å². The summed E-state index contributed by atoms with van der Waals surface area (Å²) >= 11 is 0. The number of piperazine rings is 1. The number of benzene rings is 2. The Morgan fingerprint density at radius 2 is 1.82 bits per heavy atom. The summed E-state index contributed by atoms with van der Waals surface area (Å²) in [6, 6.07) is 5.70. The van der Waals surface area contributed by atoms with E-state index in [0.717, 1.165) is 64.3 Å². The number of anilines is 1. The van der Waals surface area contributed by atoms with Crippen molar-refractivity contribution in [3.8, 4) is 35.4 Å². The van der Waals surface area contributed by atoms with Crippen molar-refractivity contribution in [1.29, 1.82) is 0 Å². The first kappa shape index (κ1) is 40.9. The molecule has 5 aromatic rings. The van der Waals surface area contributed by atoms with Crippen LogP contribution >= 0.6 is 0 Å². The molecule has 14 heteroatoms. The molecular formula is C48H53F3N6O5. The standard InChI is InChI=1S/C48H53F3N6O5/c1-3-5-6-7-8-9-14-38-39(62-47(59)61-38)26-56-30-16-18-37(56)36-13-10-12-35-41-44(42(51)43(52-35)33-22-31(58)21-28-15-17-34(50)32(4-2)40(28)33)53-46(54-45(41)57(36)25-30)60-27-48-19-11-20-55(48)24-29(49)23-48/h2,15,17,21-22,29-30,36-37,58H,3,5-14,16,18-20,23-27H2,1H3/t29-,30-,36-,37+,48+/m1/s1. The van der Waals surface area contributed by atoms with Gasteiger partial charge in [-0.05, 0) is 81.5 Å². The molecule has 0 saturated carbocycles. The Kier molecular flexibility index (Phi) is 10.9. The number of rotatable bonds is 13. The van der Waals surface area contributed by atoms with Crippen molar-refractivity contribution in [2.75, 3.05) is 31.1 Å². The predicted molar refractivity (Wildman–Crippen MR) is 229 cm³/mol. The Hall–Kier alpha value is -5.13. The van der Waals surface area contributed by atoms with Gasteiger partial charge in [-0.3, -0.25) is 9.80 Å². The summed E-state index contributed by atoms with van der Waals surface area (Å²) in [4.78, 5) is 34.2. The average Bonchev–Trinajstić information content (AvgIpc) is 3.98. The van der Waals surface area contributed by atoms with E-state index in [2.05, 4.69) is 27.5 Å². The molecule has 5 atom stereocenters. The summed E-state index contributed by atoms with van der Waals surface area (Å²) in [5.41, 5.74) is 0.0821. The van der Waals surface area contributed by atoms with Gasteiger partial charge in [0.15, 0.2) is 17.3 Å². The number of alkyl halides is 1. The van der Waals surface area contributed by atoms with E-state index in [1.807, 2.05) is 0 Å². The molecule has 2 bridgehead atoms. The first-order valence-electron chi connectivity index (χ1n) is 22.6. The number of nitrogens with zero attached hydrogens (tertiary/aromatic N) is 6. The zero-order chi connectivity index (χ0) is 42.7. The summed E-state index contributed by atoms with van der Waals surface area (Å²) in [7, 11) is 0. The summed E-state index contributed by atoms with van der Waals surface area (Å²) in [6.07, 6.45) is 18.2. The van der Waals surface area contributed by atoms with E-state index in [0.29, 0.717) is 72.7 Å². The van der Waals surface area contributed by atoms with Crippen molar-refractivity contribution >= 4 is 27.5 Å². The summed E-state index contributed by atoms with van der Waals surface area (Å²) in [5.74, 6) is 1.96. The fraction of sp³-hybridized carbons (Fsp3) is 0.542. The number of aromatic nitrogens is 3. The van der Waals surface area contributed by atoms with Gasteiger partial charge in [0.2, 0.25) is 0 Å². The first-order chi connectivity index (χ1) is 30.1. The third-order valence-electron chi connectivity index (χ3n) is 14.4. The number of pyridine rings is 1. The van der Waals surface area contributed by atoms with Crippen LogP contribution < -0.4 is 15.5 Å². The normalized spacial score (nSPS) is 24.7. The average molecular weight is 851 g/mol. The smallest absolute Gasteiger partial charge is 0.508 e. The Balaban J connectivity index is 1.04.